The Bertz CT molecular complexity index is 1640. The Morgan fingerprint density at radius 3 is 2.62 bits per heavy atom. The van der Waals surface area contributed by atoms with Gasteiger partial charge >= 0.3 is 0 Å². The monoisotopic (exact) mass is 479 g/mol. The number of nitrogens with one attached hydrogen (secondary N) is 2. The minimum absolute atomic E-state index is 0.0149. The first-order valence-corrected chi connectivity index (χ1v) is 12.0. The van der Waals surface area contributed by atoms with E-state index in [4.69, 9.17) is 0 Å². The van der Waals surface area contributed by atoms with Crippen LogP contribution in [0.3, 0.4) is 0 Å². The number of benzene rings is 2. The van der Waals surface area contributed by atoms with Crippen molar-refractivity contribution in [2.45, 2.75) is 24.5 Å². The van der Waals surface area contributed by atoms with Crippen LogP contribution in [-0.2, 0) is 15.6 Å². The molecule has 0 atom stereocenters. The highest BCUT2D eigenvalue weighted by Crippen LogP contribution is 2.35. The Labute approximate surface area is 193 Å². The molecule has 0 saturated carbocycles. The number of aromatic amines is 2. The van der Waals surface area contributed by atoms with Gasteiger partial charge in [-0.2, -0.15) is 5.10 Å². The van der Waals surface area contributed by atoms with Crippen molar-refractivity contribution >= 4 is 20.7 Å². The molecule has 0 aliphatic heterocycles. The van der Waals surface area contributed by atoms with E-state index >= 15 is 4.39 Å². The molecule has 0 saturated heterocycles. The summed E-state index contributed by atoms with van der Waals surface area (Å²) in [6.07, 6.45) is 4.29. The van der Waals surface area contributed by atoms with Gasteiger partial charge in [-0.3, -0.25) is 10.1 Å². The van der Waals surface area contributed by atoms with Gasteiger partial charge in [-0.1, -0.05) is 24.3 Å². The van der Waals surface area contributed by atoms with Crippen LogP contribution in [0.15, 0.2) is 59.9 Å². The highest BCUT2D eigenvalue weighted by molar-refractivity contribution is 7.90. The Morgan fingerprint density at radius 1 is 1.03 bits per heavy atom. The molecule has 10 heteroatoms. The predicted molar refractivity (Wildman–Crippen MR) is 124 cm³/mol. The van der Waals surface area contributed by atoms with E-state index in [9.17, 15) is 12.8 Å². The summed E-state index contributed by atoms with van der Waals surface area (Å²) in [6.45, 7) is 3.30. The van der Waals surface area contributed by atoms with Gasteiger partial charge in [-0.05, 0) is 37.1 Å². The molecule has 0 spiro atoms. The number of pyridine rings is 1. The summed E-state index contributed by atoms with van der Waals surface area (Å²) in [6, 6.07) is 9.11. The largest absolute Gasteiger partial charge is 0.343 e. The van der Waals surface area contributed by atoms with Crippen LogP contribution in [0.2, 0.25) is 0 Å². The summed E-state index contributed by atoms with van der Waals surface area (Å²) in [5.41, 5.74) is 3.09. The number of fused-ring (bicyclic) bond motifs is 1. The first kappa shape index (κ1) is 21.9. The summed E-state index contributed by atoms with van der Waals surface area (Å²) < 4.78 is 55.1. The van der Waals surface area contributed by atoms with Gasteiger partial charge in [-0.15, -0.1) is 0 Å². The van der Waals surface area contributed by atoms with Crippen molar-refractivity contribution in [3.05, 3.63) is 83.4 Å². The van der Waals surface area contributed by atoms with Gasteiger partial charge in [0.1, 0.15) is 17.3 Å². The summed E-state index contributed by atoms with van der Waals surface area (Å²) >= 11 is 0. The van der Waals surface area contributed by atoms with E-state index in [0.717, 1.165) is 23.2 Å². The average Bonchev–Trinajstić information content (AvgIpc) is 3.47. The molecule has 3 heterocycles. The molecule has 5 rings (SSSR count). The summed E-state index contributed by atoms with van der Waals surface area (Å²) in [7, 11) is -4.02. The summed E-state index contributed by atoms with van der Waals surface area (Å²) in [5.74, 6) is -1.41. The Hall–Kier alpha value is -3.92. The van der Waals surface area contributed by atoms with Gasteiger partial charge in [0.25, 0.3) is 0 Å². The van der Waals surface area contributed by atoms with Gasteiger partial charge in [0.15, 0.2) is 15.7 Å². The van der Waals surface area contributed by atoms with E-state index in [1.165, 1.54) is 13.0 Å². The van der Waals surface area contributed by atoms with Gasteiger partial charge < -0.3 is 4.98 Å². The van der Waals surface area contributed by atoms with Crippen LogP contribution in [0.25, 0.3) is 33.5 Å². The van der Waals surface area contributed by atoms with E-state index in [-0.39, 0.29) is 21.7 Å². The van der Waals surface area contributed by atoms with E-state index in [1.807, 2.05) is 13.0 Å². The molecular weight excluding hydrogens is 460 g/mol. The zero-order valence-electron chi connectivity index (χ0n) is 18.2. The van der Waals surface area contributed by atoms with Gasteiger partial charge in [0.05, 0.1) is 28.1 Å². The number of imidazole rings is 1. The second-order valence-corrected chi connectivity index (χ2v) is 9.90. The quantitative estimate of drug-likeness (QED) is 0.374. The molecule has 5 aromatic rings. The van der Waals surface area contributed by atoms with Gasteiger partial charge in [-0.25, -0.2) is 22.2 Å². The van der Waals surface area contributed by atoms with Crippen molar-refractivity contribution in [1.29, 1.82) is 0 Å². The van der Waals surface area contributed by atoms with Crippen LogP contribution in [0, 0.1) is 25.5 Å². The maximum Gasteiger partial charge on any atom is 0.184 e. The van der Waals surface area contributed by atoms with Gasteiger partial charge in [0.2, 0.25) is 0 Å². The molecule has 2 aromatic carbocycles. The lowest BCUT2D eigenvalue weighted by Crippen LogP contribution is -2.10. The molecule has 3 aromatic heterocycles. The van der Waals surface area contributed by atoms with Crippen molar-refractivity contribution in [2.75, 3.05) is 0 Å². The fourth-order valence-corrected chi connectivity index (χ4v) is 5.66. The van der Waals surface area contributed by atoms with E-state index in [0.29, 0.717) is 22.6 Å². The van der Waals surface area contributed by atoms with E-state index in [1.54, 1.807) is 30.6 Å². The second-order valence-electron chi connectivity index (χ2n) is 7.95. The van der Waals surface area contributed by atoms with Crippen molar-refractivity contribution in [2.24, 2.45) is 0 Å². The Morgan fingerprint density at radius 2 is 1.85 bits per heavy atom. The minimum atomic E-state index is -4.02. The number of halogens is 2. The number of nitrogens with zero attached hydrogens (tertiary/aromatic N) is 3. The molecular formula is C24H19F2N5O2S. The molecule has 0 bridgehead atoms. The van der Waals surface area contributed by atoms with E-state index < -0.39 is 27.2 Å². The summed E-state index contributed by atoms with van der Waals surface area (Å²) in [4.78, 5) is 10.8. The molecule has 0 aliphatic carbocycles. The molecule has 0 amide bonds. The van der Waals surface area contributed by atoms with Crippen LogP contribution < -0.4 is 0 Å². The maximum atomic E-state index is 15.6. The molecule has 0 aliphatic rings. The van der Waals surface area contributed by atoms with Crippen LogP contribution in [0.1, 0.15) is 16.8 Å². The van der Waals surface area contributed by atoms with Crippen LogP contribution in [0.5, 0.6) is 0 Å². The van der Waals surface area contributed by atoms with Crippen molar-refractivity contribution in [1.82, 2.24) is 25.1 Å². The highest BCUT2D eigenvalue weighted by Gasteiger charge is 2.23. The molecule has 0 radical (unpaired) electrons. The lowest BCUT2D eigenvalue weighted by Gasteiger charge is -2.12. The SMILES string of the molecule is Cc1ncc(F)cc1S(=O)(=O)Cc1cccc(-c2ccc3c(-c4ncc[nH]4)[nH]nc3c2C)c1F. The number of rotatable bonds is 5. The number of hydrogen-bond acceptors (Lipinski definition) is 5. The average molecular weight is 480 g/mol. The lowest BCUT2D eigenvalue weighted by molar-refractivity contribution is 0.580. The number of H-pyrrole nitrogens is 2. The summed E-state index contributed by atoms with van der Waals surface area (Å²) in [5, 5.41) is 8.17. The topological polar surface area (TPSA) is 104 Å². The number of hydrogen-bond donors (Lipinski definition) is 2. The fraction of sp³-hybridized carbons (Fsp3) is 0.125. The highest BCUT2D eigenvalue weighted by atomic mass is 32.2. The maximum absolute atomic E-state index is 15.6. The molecule has 2 N–H and O–H groups in total. The van der Waals surface area contributed by atoms with Crippen LogP contribution in [0.4, 0.5) is 8.78 Å². The number of aryl methyl sites for hydroxylation is 2. The third-order valence-corrected chi connectivity index (χ3v) is 7.55. The minimum Gasteiger partial charge on any atom is -0.343 e. The fourth-order valence-electron chi connectivity index (χ4n) is 4.08. The van der Waals surface area contributed by atoms with Gasteiger partial charge in [0, 0.05) is 28.9 Å². The Kier molecular flexibility index (Phi) is 5.24. The standard InChI is InChI=1S/C24H19F2N5O2S/c1-13-17(6-7-19-22(13)30-31-23(19)24-27-8-9-28-24)18-5-3-4-15(21(18)26)12-34(32,33)20-10-16(25)11-29-14(20)2/h3-11H,12H2,1-2H3,(H,27,28)(H,30,31). The lowest BCUT2D eigenvalue weighted by atomic mass is 9.96. The van der Waals surface area contributed by atoms with Crippen LogP contribution >= 0.6 is 0 Å². The number of aromatic nitrogens is 5. The van der Waals surface area contributed by atoms with E-state index in [2.05, 4.69) is 25.1 Å². The van der Waals surface area contributed by atoms with Crippen LogP contribution in [-0.4, -0.2) is 33.6 Å². The molecule has 34 heavy (non-hydrogen) atoms. The zero-order chi connectivity index (χ0) is 24.0. The third-order valence-electron chi connectivity index (χ3n) is 5.77. The predicted octanol–water partition coefficient (Wildman–Crippen LogP) is 4.88. The third kappa shape index (κ3) is 3.65. The number of sulfone groups is 1. The zero-order valence-corrected chi connectivity index (χ0v) is 19.0. The smallest absolute Gasteiger partial charge is 0.184 e. The first-order valence-electron chi connectivity index (χ1n) is 10.4. The second kappa shape index (κ2) is 8.14. The van der Waals surface area contributed by atoms with Crippen molar-refractivity contribution in [3.63, 3.8) is 0 Å². The first-order chi connectivity index (χ1) is 16.3. The molecule has 0 unspecified atom stereocenters. The van der Waals surface area contributed by atoms with Crippen molar-refractivity contribution < 1.29 is 17.2 Å². The molecule has 7 nitrogen and oxygen atoms in total. The molecule has 172 valence electrons. The normalized spacial score (nSPS) is 11.9. The molecule has 0 fully saturated rings. The Balaban J connectivity index is 1.57. The van der Waals surface area contributed by atoms with Crippen molar-refractivity contribution in [3.8, 4) is 22.6 Å².